The van der Waals surface area contributed by atoms with E-state index in [0.29, 0.717) is 6.61 Å². The van der Waals surface area contributed by atoms with E-state index in [-0.39, 0.29) is 6.10 Å². The summed E-state index contributed by atoms with van der Waals surface area (Å²) in [5, 5.41) is 18.5. The van der Waals surface area contributed by atoms with Gasteiger partial charge in [-0.15, -0.1) is 0 Å². The third-order valence-corrected chi connectivity index (χ3v) is 3.75. The molecule has 2 N–H and O–H groups in total. The van der Waals surface area contributed by atoms with Gasteiger partial charge >= 0.3 is 0 Å². The molecule has 0 aliphatic carbocycles. The maximum absolute atomic E-state index is 9.86. The Balaban J connectivity index is 3.22. The van der Waals surface area contributed by atoms with Crippen LogP contribution in [0.2, 0.25) is 0 Å². The Morgan fingerprint density at radius 2 is 1.40 bits per heavy atom. The summed E-state index contributed by atoms with van der Waals surface area (Å²) in [6, 6.07) is 0. The van der Waals surface area contributed by atoms with E-state index in [4.69, 9.17) is 5.11 Å². The Morgan fingerprint density at radius 1 is 0.750 bits per heavy atom. The second kappa shape index (κ2) is 16.7. The number of aliphatic hydroxyl groups is 2. The molecule has 120 valence electrons. The SMILES string of the molecule is CCCCCC=CCCC(O)CCCCCCCCO. The fourth-order valence-corrected chi connectivity index (χ4v) is 2.38. The summed E-state index contributed by atoms with van der Waals surface area (Å²) in [5.74, 6) is 0. The monoisotopic (exact) mass is 284 g/mol. The van der Waals surface area contributed by atoms with Crippen LogP contribution in [0.1, 0.15) is 90.4 Å². The first-order chi connectivity index (χ1) is 9.81. The molecule has 1 atom stereocenters. The average molecular weight is 284 g/mol. The molecule has 0 aromatic rings. The molecule has 0 aliphatic rings. The van der Waals surface area contributed by atoms with Crippen LogP contribution in [0.5, 0.6) is 0 Å². The molecule has 0 rings (SSSR count). The van der Waals surface area contributed by atoms with E-state index in [9.17, 15) is 5.11 Å². The zero-order valence-electron chi connectivity index (χ0n) is 13.5. The van der Waals surface area contributed by atoms with E-state index >= 15 is 0 Å². The molecule has 0 heterocycles. The van der Waals surface area contributed by atoms with Gasteiger partial charge in [-0.05, 0) is 38.5 Å². The van der Waals surface area contributed by atoms with Gasteiger partial charge in [0.1, 0.15) is 0 Å². The van der Waals surface area contributed by atoms with Crippen LogP contribution in [0, 0.1) is 0 Å². The second-order valence-electron chi connectivity index (χ2n) is 5.83. The van der Waals surface area contributed by atoms with Crippen molar-refractivity contribution in [2.45, 2.75) is 96.5 Å². The highest BCUT2D eigenvalue weighted by molar-refractivity contribution is 4.82. The van der Waals surface area contributed by atoms with Crippen molar-refractivity contribution < 1.29 is 10.2 Å². The van der Waals surface area contributed by atoms with Gasteiger partial charge in [0, 0.05) is 6.61 Å². The molecular weight excluding hydrogens is 248 g/mol. The summed E-state index contributed by atoms with van der Waals surface area (Å²) in [4.78, 5) is 0. The van der Waals surface area contributed by atoms with Crippen molar-refractivity contribution in [2.75, 3.05) is 6.61 Å². The van der Waals surface area contributed by atoms with Crippen LogP contribution in [-0.4, -0.2) is 22.9 Å². The molecule has 0 spiro atoms. The van der Waals surface area contributed by atoms with E-state index in [0.717, 1.165) is 38.5 Å². The Labute approximate surface area is 126 Å². The summed E-state index contributed by atoms with van der Waals surface area (Å²) >= 11 is 0. The van der Waals surface area contributed by atoms with Gasteiger partial charge in [-0.25, -0.2) is 0 Å². The zero-order valence-corrected chi connectivity index (χ0v) is 13.5. The van der Waals surface area contributed by atoms with Crippen LogP contribution >= 0.6 is 0 Å². The van der Waals surface area contributed by atoms with Crippen LogP contribution in [0.15, 0.2) is 12.2 Å². The molecule has 1 unspecified atom stereocenters. The van der Waals surface area contributed by atoms with Gasteiger partial charge in [0.05, 0.1) is 6.10 Å². The smallest absolute Gasteiger partial charge is 0.0543 e. The van der Waals surface area contributed by atoms with Gasteiger partial charge in [0.15, 0.2) is 0 Å². The van der Waals surface area contributed by atoms with Crippen LogP contribution in [0.3, 0.4) is 0 Å². The highest BCUT2D eigenvalue weighted by Crippen LogP contribution is 2.11. The Bertz CT molecular complexity index is 202. The van der Waals surface area contributed by atoms with Crippen LogP contribution in [0.4, 0.5) is 0 Å². The predicted molar refractivity (Wildman–Crippen MR) is 87.9 cm³/mol. The second-order valence-corrected chi connectivity index (χ2v) is 5.83. The van der Waals surface area contributed by atoms with Gasteiger partial charge in [-0.1, -0.05) is 64.0 Å². The van der Waals surface area contributed by atoms with Crippen LogP contribution < -0.4 is 0 Å². The summed E-state index contributed by atoms with van der Waals surface area (Å²) < 4.78 is 0. The first-order valence-corrected chi connectivity index (χ1v) is 8.75. The maximum Gasteiger partial charge on any atom is 0.0543 e. The van der Waals surface area contributed by atoms with Gasteiger partial charge in [-0.3, -0.25) is 0 Å². The summed E-state index contributed by atoms with van der Waals surface area (Å²) in [5.41, 5.74) is 0. The van der Waals surface area contributed by atoms with E-state index < -0.39 is 0 Å². The van der Waals surface area contributed by atoms with E-state index in [2.05, 4.69) is 19.1 Å². The minimum Gasteiger partial charge on any atom is -0.396 e. The fourth-order valence-electron chi connectivity index (χ4n) is 2.38. The number of rotatable bonds is 15. The Kier molecular flexibility index (Phi) is 16.4. The molecule has 0 bridgehead atoms. The first kappa shape index (κ1) is 19.7. The molecule has 0 radical (unpaired) electrons. The highest BCUT2D eigenvalue weighted by atomic mass is 16.3. The van der Waals surface area contributed by atoms with Crippen molar-refractivity contribution in [1.82, 2.24) is 0 Å². The molecule has 0 aromatic carbocycles. The lowest BCUT2D eigenvalue weighted by atomic mass is 10.0. The lowest BCUT2D eigenvalue weighted by Gasteiger charge is -2.08. The normalized spacial score (nSPS) is 13.2. The third kappa shape index (κ3) is 15.7. The number of hydrogen-bond acceptors (Lipinski definition) is 2. The van der Waals surface area contributed by atoms with Crippen molar-refractivity contribution >= 4 is 0 Å². The van der Waals surface area contributed by atoms with E-state index in [1.165, 1.54) is 44.9 Å². The summed E-state index contributed by atoms with van der Waals surface area (Å²) in [7, 11) is 0. The molecule has 0 fully saturated rings. The first-order valence-electron chi connectivity index (χ1n) is 8.75. The molecule has 0 aromatic heterocycles. The number of unbranched alkanes of at least 4 members (excludes halogenated alkanes) is 8. The standard InChI is InChI=1S/C18H36O2/c1-2-3-4-5-6-9-12-15-18(20)16-13-10-7-8-11-14-17-19/h6,9,18-20H,2-5,7-8,10-17H2,1H3. The van der Waals surface area contributed by atoms with Crippen molar-refractivity contribution in [1.29, 1.82) is 0 Å². The molecule has 0 amide bonds. The van der Waals surface area contributed by atoms with Gasteiger partial charge in [0.2, 0.25) is 0 Å². The molecule has 2 nitrogen and oxygen atoms in total. The zero-order chi connectivity index (χ0) is 14.9. The van der Waals surface area contributed by atoms with Crippen molar-refractivity contribution in [3.63, 3.8) is 0 Å². The minimum atomic E-state index is -0.118. The Morgan fingerprint density at radius 3 is 2.10 bits per heavy atom. The molecule has 2 heteroatoms. The van der Waals surface area contributed by atoms with E-state index in [1.54, 1.807) is 0 Å². The largest absolute Gasteiger partial charge is 0.396 e. The van der Waals surface area contributed by atoms with Crippen LogP contribution in [0.25, 0.3) is 0 Å². The molecular formula is C18H36O2. The van der Waals surface area contributed by atoms with Gasteiger partial charge < -0.3 is 10.2 Å². The lowest BCUT2D eigenvalue weighted by Crippen LogP contribution is -2.05. The van der Waals surface area contributed by atoms with Crippen LogP contribution in [-0.2, 0) is 0 Å². The molecule has 0 saturated heterocycles. The molecule has 0 saturated carbocycles. The fraction of sp³-hybridized carbons (Fsp3) is 0.889. The average Bonchev–Trinajstić information content (AvgIpc) is 2.45. The summed E-state index contributed by atoms with van der Waals surface area (Å²) in [6.07, 6.45) is 19.3. The number of hydrogen-bond donors (Lipinski definition) is 2. The van der Waals surface area contributed by atoms with Crippen molar-refractivity contribution in [3.05, 3.63) is 12.2 Å². The Hall–Kier alpha value is -0.340. The van der Waals surface area contributed by atoms with Gasteiger partial charge in [-0.2, -0.15) is 0 Å². The topological polar surface area (TPSA) is 40.5 Å². The summed E-state index contributed by atoms with van der Waals surface area (Å²) in [6.45, 7) is 2.55. The van der Waals surface area contributed by atoms with Crippen molar-refractivity contribution in [3.8, 4) is 0 Å². The quantitative estimate of drug-likeness (QED) is 0.328. The number of aliphatic hydroxyl groups excluding tert-OH is 2. The lowest BCUT2D eigenvalue weighted by molar-refractivity contribution is 0.152. The molecule has 20 heavy (non-hydrogen) atoms. The third-order valence-electron chi connectivity index (χ3n) is 3.75. The van der Waals surface area contributed by atoms with E-state index in [1.807, 2.05) is 0 Å². The van der Waals surface area contributed by atoms with Gasteiger partial charge in [0.25, 0.3) is 0 Å². The molecule has 0 aliphatic heterocycles. The highest BCUT2D eigenvalue weighted by Gasteiger charge is 2.02. The minimum absolute atomic E-state index is 0.118. The number of allylic oxidation sites excluding steroid dienone is 2. The van der Waals surface area contributed by atoms with Crippen molar-refractivity contribution in [2.24, 2.45) is 0 Å². The predicted octanol–water partition coefficient (Wildman–Crippen LogP) is 4.99. The maximum atomic E-state index is 9.86.